The first-order chi connectivity index (χ1) is 13.8. The largest absolute Gasteiger partial charge is 0.302 e. The molecule has 0 aliphatic rings. The average molecular weight is 404 g/mol. The number of fused-ring (bicyclic) bond motifs is 1. The van der Waals surface area contributed by atoms with Crippen LogP contribution in [0.2, 0.25) is 0 Å². The summed E-state index contributed by atoms with van der Waals surface area (Å²) in [4.78, 5) is 3.81. The molecular weight excluding hydrogens is 378 g/mol. The molecule has 1 unspecified atom stereocenters. The summed E-state index contributed by atoms with van der Waals surface area (Å²) in [5.74, 6) is 0. The molecule has 0 N–H and O–H groups in total. The van der Waals surface area contributed by atoms with Crippen molar-refractivity contribution < 1.29 is 0 Å². The van der Waals surface area contributed by atoms with E-state index in [4.69, 9.17) is 0 Å². The molecule has 1 nitrogen and oxygen atoms in total. The maximum absolute atomic E-state index is 2.43. The molecule has 0 amide bonds. The average Bonchev–Trinajstić information content (AvgIpc) is 3.22. The first kappa shape index (κ1) is 19.3. The lowest BCUT2D eigenvalue weighted by Gasteiger charge is -2.22. The number of thioether (sulfide) groups is 1. The third-order valence-electron chi connectivity index (χ3n) is 4.96. The zero-order valence-electron chi connectivity index (χ0n) is 16.1. The van der Waals surface area contributed by atoms with Crippen LogP contribution in [-0.2, 0) is 6.54 Å². The van der Waals surface area contributed by atoms with Crippen molar-refractivity contribution in [2.24, 2.45) is 0 Å². The minimum absolute atomic E-state index is 0.449. The lowest BCUT2D eigenvalue weighted by Crippen LogP contribution is -2.20. The lowest BCUT2D eigenvalue weighted by atomic mass is 10.1. The van der Waals surface area contributed by atoms with E-state index in [1.165, 1.54) is 26.1 Å². The molecule has 0 radical (unpaired) electrons. The number of thiophene rings is 1. The van der Waals surface area contributed by atoms with E-state index in [0.717, 1.165) is 19.5 Å². The van der Waals surface area contributed by atoms with E-state index < -0.39 is 0 Å². The van der Waals surface area contributed by atoms with Crippen LogP contribution < -0.4 is 0 Å². The summed E-state index contributed by atoms with van der Waals surface area (Å²) < 4.78 is 1.37. The van der Waals surface area contributed by atoms with Crippen molar-refractivity contribution in [2.75, 3.05) is 13.6 Å². The Morgan fingerprint density at radius 2 is 1.61 bits per heavy atom. The molecule has 0 saturated heterocycles. The molecule has 0 aliphatic heterocycles. The highest BCUT2D eigenvalue weighted by molar-refractivity contribution is 7.99. The fourth-order valence-electron chi connectivity index (χ4n) is 3.50. The number of hydrogen-bond acceptors (Lipinski definition) is 3. The van der Waals surface area contributed by atoms with Gasteiger partial charge in [-0.05, 0) is 54.7 Å². The highest BCUT2D eigenvalue weighted by atomic mass is 32.2. The van der Waals surface area contributed by atoms with Gasteiger partial charge in [0.2, 0.25) is 0 Å². The molecule has 1 atom stereocenters. The Kier molecular flexibility index (Phi) is 6.48. The van der Waals surface area contributed by atoms with Gasteiger partial charge in [-0.15, -0.1) is 23.1 Å². The molecule has 1 aromatic heterocycles. The Hall–Kier alpha value is -2.07. The summed E-state index contributed by atoms with van der Waals surface area (Å²) in [7, 11) is 2.22. The van der Waals surface area contributed by atoms with Gasteiger partial charge in [0.15, 0.2) is 0 Å². The van der Waals surface area contributed by atoms with E-state index in [0.29, 0.717) is 5.25 Å². The number of benzene rings is 3. The highest BCUT2D eigenvalue weighted by Gasteiger charge is 2.16. The van der Waals surface area contributed by atoms with Gasteiger partial charge >= 0.3 is 0 Å². The molecule has 0 spiro atoms. The first-order valence-electron chi connectivity index (χ1n) is 9.70. The number of rotatable bonds is 8. The van der Waals surface area contributed by atoms with Crippen LogP contribution in [0, 0.1) is 0 Å². The molecular formula is C25H25NS2. The SMILES string of the molecule is CN(CCC(Sc1cccc2sccc12)c1ccccc1)Cc1ccccc1. The van der Waals surface area contributed by atoms with Gasteiger partial charge in [-0.2, -0.15) is 0 Å². The summed E-state index contributed by atoms with van der Waals surface area (Å²) in [6.45, 7) is 2.06. The molecule has 0 bridgehead atoms. The maximum atomic E-state index is 2.43. The fourth-order valence-corrected chi connectivity index (χ4v) is 5.66. The lowest BCUT2D eigenvalue weighted by molar-refractivity contribution is 0.321. The molecule has 142 valence electrons. The van der Waals surface area contributed by atoms with E-state index in [9.17, 15) is 0 Å². The third kappa shape index (κ3) is 4.85. The number of nitrogens with zero attached hydrogens (tertiary/aromatic N) is 1. The van der Waals surface area contributed by atoms with Crippen molar-refractivity contribution in [2.45, 2.75) is 23.1 Å². The van der Waals surface area contributed by atoms with Crippen molar-refractivity contribution >= 4 is 33.2 Å². The molecule has 1 heterocycles. The Morgan fingerprint density at radius 1 is 0.857 bits per heavy atom. The van der Waals surface area contributed by atoms with Crippen LogP contribution in [0.15, 0.2) is 95.2 Å². The number of hydrogen-bond donors (Lipinski definition) is 0. The van der Waals surface area contributed by atoms with E-state index in [2.05, 4.69) is 102 Å². The molecule has 3 aromatic carbocycles. The first-order valence-corrected chi connectivity index (χ1v) is 11.5. The minimum Gasteiger partial charge on any atom is -0.302 e. The Labute approximate surface area is 176 Å². The van der Waals surface area contributed by atoms with Crippen LogP contribution in [0.3, 0.4) is 0 Å². The van der Waals surface area contributed by atoms with Crippen LogP contribution in [0.25, 0.3) is 10.1 Å². The summed E-state index contributed by atoms with van der Waals surface area (Å²) in [6.07, 6.45) is 1.12. The minimum atomic E-state index is 0.449. The normalized spacial score (nSPS) is 12.5. The standard InChI is InChI=1S/C25H25NS2/c1-26(19-20-9-4-2-5-10-20)17-15-23(21-11-6-3-7-12-21)28-25-14-8-13-24-22(25)16-18-27-24/h2-14,16,18,23H,15,17,19H2,1H3. The van der Waals surface area contributed by atoms with Crippen LogP contribution in [0.1, 0.15) is 22.8 Å². The summed E-state index contributed by atoms with van der Waals surface area (Å²) >= 11 is 3.83. The Bertz CT molecular complexity index is 995. The molecule has 3 heteroatoms. The van der Waals surface area contributed by atoms with Crippen molar-refractivity contribution in [1.29, 1.82) is 0 Å². The predicted molar refractivity (Wildman–Crippen MR) is 124 cm³/mol. The highest BCUT2D eigenvalue weighted by Crippen LogP contribution is 2.41. The van der Waals surface area contributed by atoms with E-state index in [1.54, 1.807) is 0 Å². The van der Waals surface area contributed by atoms with Gasteiger partial charge in [-0.1, -0.05) is 66.7 Å². The molecule has 28 heavy (non-hydrogen) atoms. The van der Waals surface area contributed by atoms with E-state index in [1.807, 2.05) is 23.1 Å². The van der Waals surface area contributed by atoms with Crippen molar-refractivity contribution in [3.8, 4) is 0 Å². The van der Waals surface area contributed by atoms with Gasteiger partial charge in [0, 0.05) is 26.8 Å². The second kappa shape index (κ2) is 9.42. The second-order valence-electron chi connectivity index (χ2n) is 7.12. The summed E-state index contributed by atoms with van der Waals surface area (Å²) in [5.41, 5.74) is 2.78. The van der Waals surface area contributed by atoms with Crippen LogP contribution in [0.5, 0.6) is 0 Å². The van der Waals surface area contributed by atoms with Gasteiger partial charge in [-0.25, -0.2) is 0 Å². The van der Waals surface area contributed by atoms with E-state index >= 15 is 0 Å². The zero-order valence-corrected chi connectivity index (χ0v) is 17.8. The molecule has 0 aliphatic carbocycles. The van der Waals surface area contributed by atoms with Crippen LogP contribution in [-0.4, -0.2) is 18.5 Å². The Balaban J connectivity index is 1.49. The fraction of sp³-hybridized carbons (Fsp3) is 0.200. The van der Waals surface area contributed by atoms with Gasteiger partial charge < -0.3 is 4.90 Å². The second-order valence-corrected chi connectivity index (χ2v) is 9.31. The van der Waals surface area contributed by atoms with Crippen molar-refractivity contribution in [3.63, 3.8) is 0 Å². The third-order valence-corrected chi connectivity index (χ3v) is 7.25. The van der Waals surface area contributed by atoms with Crippen molar-refractivity contribution in [3.05, 3.63) is 101 Å². The van der Waals surface area contributed by atoms with Crippen molar-refractivity contribution in [1.82, 2.24) is 4.90 Å². The smallest absolute Gasteiger partial charge is 0.0356 e. The van der Waals surface area contributed by atoms with Gasteiger partial charge in [0.25, 0.3) is 0 Å². The molecule has 4 aromatic rings. The quantitative estimate of drug-likeness (QED) is 0.285. The monoisotopic (exact) mass is 403 g/mol. The molecule has 0 saturated carbocycles. The predicted octanol–water partition coefficient (Wildman–Crippen LogP) is 7.26. The topological polar surface area (TPSA) is 3.24 Å². The molecule has 4 rings (SSSR count). The maximum Gasteiger partial charge on any atom is 0.0356 e. The van der Waals surface area contributed by atoms with E-state index in [-0.39, 0.29) is 0 Å². The zero-order chi connectivity index (χ0) is 19.2. The summed E-state index contributed by atoms with van der Waals surface area (Å²) in [5, 5.41) is 4.03. The van der Waals surface area contributed by atoms with Crippen LogP contribution in [0.4, 0.5) is 0 Å². The van der Waals surface area contributed by atoms with Gasteiger partial charge in [0.05, 0.1) is 0 Å². The van der Waals surface area contributed by atoms with Gasteiger partial charge in [-0.3, -0.25) is 0 Å². The Morgan fingerprint density at radius 3 is 2.39 bits per heavy atom. The summed E-state index contributed by atoms with van der Waals surface area (Å²) in [6, 6.07) is 30.6. The molecule has 0 fully saturated rings. The van der Waals surface area contributed by atoms with Gasteiger partial charge in [0.1, 0.15) is 0 Å². The van der Waals surface area contributed by atoms with Crippen LogP contribution >= 0.6 is 23.1 Å².